The highest BCUT2D eigenvalue weighted by Crippen LogP contribution is 2.38. The summed E-state index contributed by atoms with van der Waals surface area (Å²) in [4.78, 5) is 0. The van der Waals surface area contributed by atoms with Gasteiger partial charge in [0.25, 0.3) is 0 Å². The average Bonchev–Trinajstić information content (AvgIpc) is 2.93. The molecule has 2 atom stereocenters. The summed E-state index contributed by atoms with van der Waals surface area (Å²) in [6, 6.07) is 0. The van der Waals surface area contributed by atoms with Crippen molar-refractivity contribution in [1.29, 1.82) is 0 Å². The molecule has 2 unspecified atom stereocenters. The zero-order valence-corrected chi connectivity index (χ0v) is 9.39. The van der Waals surface area contributed by atoms with Gasteiger partial charge in [-0.1, -0.05) is 26.2 Å². The number of rotatable bonds is 4. The summed E-state index contributed by atoms with van der Waals surface area (Å²) < 4.78 is 0. The topological polar surface area (TPSA) is 38.0 Å². The van der Waals surface area contributed by atoms with Crippen LogP contribution in [0.2, 0.25) is 0 Å². The monoisotopic (exact) mass is 196 g/mol. The predicted octanol–water partition coefficient (Wildman–Crippen LogP) is 1.89. The molecule has 2 rings (SSSR count). The first kappa shape index (κ1) is 10.4. The molecule has 2 aliphatic carbocycles. The Morgan fingerprint density at radius 2 is 1.93 bits per heavy atom. The van der Waals surface area contributed by atoms with Crippen LogP contribution < -0.4 is 11.1 Å². The molecule has 2 heteroatoms. The summed E-state index contributed by atoms with van der Waals surface area (Å²) in [5.41, 5.74) is 6.22. The Balaban J connectivity index is 1.78. The van der Waals surface area contributed by atoms with Crippen LogP contribution in [0, 0.1) is 11.8 Å². The number of nitrogens with one attached hydrogen (secondary N) is 1. The highest BCUT2D eigenvalue weighted by atomic mass is 15.0. The molecule has 2 fully saturated rings. The lowest BCUT2D eigenvalue weighted by atomic mass is 9.81. The quantitative estimate of drug-likeness (QED) is 0.720. The van der Waals surface area contributed by atoms with Gasteiger partial charge < -0.3 is 11.1 Å². The van der Waals surface area contributed by atoms with Crippen LogP contribution in [0.15, 0.2) is 0 Å². The summed E-state index contributed by atoms with van der Waals surface area (Å²) in [5.74, 6) is 1.90. The Kier molecular flexibility index (Phi) is 3.13. The molecule has 0 amide bonds. The van der Waals surface area contributed by atoms with Crippen molar-refractivity contribution in [3.05, 3.63) is 0 Å². The fourth-order valence-corrected chi connectivity index (χ4v) is 2.71. The van der Waals surface area contributed by atoms with Gasteiger partial charge in [-0.2, -0.15) is 0 Å². The largest absolute Gasteiger partial charge is 0.329 e. The Labute approximate surface area is 87.6 Å². The maximum absolute atomic E-state index is 5.92. The van der Waals surface area contributed by atoms with Gasteiger partial charge in [0.2, 0.25) is 0 Å². The lowest BCUT2D eigenvalue weighted by molar-refractivity contribution is 0.235. The Morgan fingerprint density at radius 3 is 2.43 bits per heavy atom. The SMILES string of the molecule is CC1CC1CNC1(CN)CCCCC1. The third-order valence-electron chi connectivity index (χ3n) is 4.22. The van der Waals surface area contributed by atoms with Gasteiger partial charge in [0.15, 0.2) is 0 Å². The van der Waals surface area contributed by atoms with Crippen molar-refractivity contribution < 1.29 is 0 Å². The summed E-state index contributed by atoms with van der Waals surface area (Å²) in [5, 5.41) is 3.75. The number of hydrogen-bond acceptors (Lipinski definition) is 2. The van der Waals surface area contributed by atoms with E-state index in [4.69, 9.17) is 5.73 Å². The molecule has 82 valence electrons. The van der Waals surface area contributed by atoms with E-state index in [1.54, 1.807) is 0 Å². The molecule has 14 heavy (non-hydrogen) atoms. The van der Waals surface area contributed by atoms with E-state index < -0.39 is 0 Å². The van der Waals surface area contributed by atoms with Gasteiger partial charge in [-0.15, -0.1) is 0 Å². The van der Waals surface area contributed by atoms with Gasteiger partial charge in [0, 0.05) is 12.1 Å². The molecule has 2 saturated carbocycles. The van der Waals surface area contributed by atoms with Crippen molar-refractivity contribution in [3.8, 4) is 0 Å². The van der Waals surface area contributed by atoms with Crippen molar-refractivity contribution in [2.24, 2.45) is 17.6 Å². The minimum absolute atomic E-state index is 0.306. The molecular formula is C12H24N2. The second-order valence-electron chi connectivity index (χ2n) is 5.40. The Hall–Kier alpha value is -0.0800. The van der Waals surface area contributed by atoms with E-state index in [1.165, 1.54) is 45.1 Å². The van der Waals surface area contributed by atoms with Gasteiger partial charge in [-0.05, 0) is 37.6 Å². The Morgan fingerprint density at radius 1 is 1.29 bits per heavy atom. The predicted molar refractivity (Wildman–Crippen MR) is 60.1 cm³/mol. The van der Waals surface area contributed by atoms with Crippen LogP contribution in [0.4, 0.5) is 0 Å². The summed E-state index contributed by atoms with van der Waals surface area (Å²) in [6.07, 6.45) is 8.15. The molecule has 2 aliphatic rings. The maximum atomic E-state index is 5.92. The van der Waals surface area contributed by atoms with E-state index in [1.807, 2.05) is 0 Å². The average molecular weight is 196 g/mol. The second-order valence-corrected chi connectivity index (χ2v) is 5.40. The van der Waals surface area contributed by atoms with E-state index in [-0.39, 0.29) is 0 Å². The van der Waals surface area contributed by atoms with Gasteiger partial charge >= 0.3 is 0 Å². The minimum Gasteiger partial charge on any atom is -0.329 e. The van der Waals surface area contributed by atoms with Crippen LogP contribution in [0.25, 0.3) is 0 Å². The van der Waals surface area contributed by atoms with Crippen LogP contribution in [0.3, 0.4) is 0 Å². The standard InChI is InChI=1S/C12H24N2/c1-10-7-11(10)8-14-12(9-13)5-3-2-4-6-12/h10-11,14H,2-9,13H2,1H3. The first-order valence-corrected chi connectivity index (χ1v) is 6.21. The summed E-state index contributed by atoms with van der Waals surface area (Å²) in [7, 11) is 0. The molecule has 0 aromatic rings. The normalized spacial score (nSPS) is 35.6. The summed E-state index contributed by atoms with van der Waals surface area (Å²) >= 11 is 0. The molecular weight excluding hydrogens is 172 g/mol. The van der Waals surface area contributed by atoms with Crippen molar-refractivity contribution in [2.45, 2.75) is 51.0 Å². The molecule has 0 aromatic heterocycles. The number of hydrogen-bond donors (Lipinski definition) is 2. The summed E-state index contributed by atoms with van der Waals surface area (Å²) in [6.45, 7) is 4.38. The zero-order valence-electron chi connectivity index (χ0n) is 9.39. The third-order valence-corrected chi connectivity index (χ3v) is 4.22. The van der Waals surface area contributed by atoms with Crippen LogP contribution in [0.1, 0.15) is 45.4 Å². The molecule has 0 radical (unpaired) electrons. The van der Waals surface area contributed by atoms with Gasteiger partial charge in [-0.3, -0.25) is 0 Å². The van der Waals surface area contributed by atoms with Gasteiger partial charge in [0.1, 0.15) is 0 Å². The lowest BCUT2D eigenvalue weighted by Gasteiger charge is -2.37. The van der Waals surface area contributed by atoms with E-state index in [0.717, 1.165) is 18.4 Å². The van der Waals surface area contributed by atoms with E-state index in [9.17, 15) is 0 Å². The van der Waals surface area contributed by atoms with Crippen molar-refractivity contribution >= 4 is 0 Å². The van der Waals surface area contributed by atoms with Gasteiger partial charge in [-0.25, -0.2) is 0 Å². The molecule has 0 bridgehead atoms. The molecule has 3 N–H and O–H groups in total. The van der Waals surface area contributed by atoms with Crippen LogP contribution in [-0.4, -0.2) is 18.6 Å². The van der Waals surface area contributed by atoms with Crippen LogP contribution >= 0.6 is 0 Å². The fourth-order valence-electron chi connectivity index (χ4n) is 2.71. The molecule has 0 saturated heterocycles. The molecule has 2 nitrogen and oxygen atoms in total. The third kappa shape index (κ3) is 2.29. The minimum atomic E-state index is 0.306. The lowest BCUT2D eigenvalue weighted by Crippen LogP contribution is -2.53. The molecule has 0 aromatic carbocycles. The van der Waals surface area contributed by atoms with Gasteiger partial charge in [0.05, 0.1) is 0 Å². The van der Waals surface area contributed by atoms with E-state index in [2.05, 4.69) is 12.2 Å². The highest BCUT2D eigenvalue weighted by molar-refractivity contribution is 4.94. The van der Waals surface area contributed by atoms with Crippen LogP contribution in [0.5, 0.6) is 0 Å². The molecule has 0 spiro atoms. The van der Waals surface area contributed by atoms with Crippen molar-refractivity contribution in [3.63, 3.8) is 0 Å². The van der Waals surface area contributed by atoms with Crippen LogP contribution in [-0.2, 0) is 0 Å². The first-order valence-electron chi connectivity index (χ1n) is 6.21. The molecule has 0 aliphatic heterocycles. The maximum Gasteiger partial charge on any atom is 0.0304 e. The number of nitrogens with two attached hydrogens (primary N) is 1. The fraction of sp³-hybridized carbons (Fsp3) is 1.00. The van der Waals surface area contributed by atoms with Crippen molar-refractivity contribution in [2.75, 3.05) is 13.1 Å². The second kappa shape index (κ2) is 4.19. The smallest absolute Gasteiger partial charge is 0.0304 e. The molecule has 0 heterocycles. The highest BCUT2D eigenvalue weighted by Gasteiger charge is 2.36. The van der Waals surface area contributed by atoms with Crippen molar-refractivity contribution in [1.82, 2.24) is 5.32 Å². The van der Waals surface area contributed by atoms with E-state index in [0.29, 0.717) is 5.54 Å². The first-order chi connectivity index (χ1) is 6.76. The van der Waals surface area contributed by atoms with E-state index >= 15 is 0 Å². The zero-order chi connectivity index (χ0) is 10.0. The Bertz CT molecular complexity index is 185.